The molecule has 0 fully saturated rings. The van der Waals surface area contributed by atoms with Gasteiger partial charge in [-0.05, 0) is 200 Å². The third kappa shape index (κ3) is 6.64. The first kappa shape index (κ1) is 48.1. The van der Waals surface area contributed by atoms with Crippen molar-refractivity contribution in [1.82, 2.24) is 0 Å². The fraction of sp³-hybridized carbons (Fsp3) is 0.576. The van der Waals surface area contributed by atoms with Gasteiger partial charge in [0, 0.05) is 39.4 Å². The second-order valence-electron chi connectivity index (χ2n) is 30.1. The fourth-order valence-corrected chi connectivity index (χ4v) is 15.0. The molecular formula is C66H87BN2O. The first-order valence-electron chi connectivity index (χ1n) is 27.6. The van der Waals surface area contributed by atoms with E-state index in [0.717, 1.165) is 18.5 Å². The zero-order valence-electron chi connectivity index (χ0n) is 47.7. The van der Waals surface area contributed by atoms with Crippen molar-refractivity contribution in [2.75, 3.05) is 9.80 Å². The van der Waals surface area contributed by atoms with Crippen molar-refractivity contribution in [3.8, 4) is 0 Å². The van der Waals surface area contributed by atoms with Crippen LogP contribution in [0.2, 0.25) is 0 Å². The van der Waals surface area contributed by atoms with Crippen LogP contribution in [0.5, 0.6) is 0 Å². The molecule has 70 heavy (non-hydrogen) atoms. The molecule has 4 heteroatoms. The highest BCUT2D eigenvalue weighted by Gasteiger charge is 2.54. The second-order valence-corrected chi connectivity index (χ2v) is 30.1. The van der Waals surface area contributed by atoms with Crippen LogP contribution < -0.4 is 26.4 Å². The summed E-state index contributed by atoms with van der Waals surface area (Å²) < 4.78 is 7.93. The van der Waals surface area contributed by atoms with Crippen LogP contribution in [0, 0.1) is 13.8 Å². The average Bonchev–Trinajstić information content (AvgIpc) is 3.67. The summed E-state index contributed by atoms with van der Waals surface area (Å²) in [7, 11) is 0. The molecule has 0 saturated heterocycles. The largest absolute Gasteiger partial charge is 0.472 e. The van der Waals surface area contributed by atoms with Crippen molar-refractivity contribution < 1.29 is 4.42 Å². The lowest BCUT2D eigenvalue weighted by molar-refractivity contribution is 0.282. The smallest absolute Gasteiger partial charge is 0.297 e. The molecule has 0 spiro atoms. The lowest BCUT2D eigenvalue weighted by Gasteiger charge is -2.48. The number of rotatable bonds is 2. The predicted octanol–water partition coefficient (Wildman–Crippen LogP) is 16.7. The molecule has 4 aliphatic carbocycles. The Morgan fingerprint density at radius 3 is 1.43 bits per heavy atom. The van der Waals surface area contributed by atoms with E-state index in [1.807, 2.05) is 0 Å². The van der Waals surface area contributed by atoms with Crippen LogP contribution in [0.3, 0.4) is 0 Å². The highest BCUT2D eigenvalue weighted by Crippen LogP contribution is 2.59. The molecule has 0 atom stereocenters. The minimum absolute atomic E-state index is 0.0397. The van der Waals surface area contributed by atoms with Crippen LogP contribution in [-0.2, 0) is 48.7 Å². The van der Waals surface area contributed by atoms with Gasteiger partial charge in [-0.3, -0.25) is 0 Å². The molecular weight excluding hydrogens is 848 g/mol. The minimum Gasteiger partial charge on any atom is -0.472 e. The lowest BCUT2D eigenvalue weighted by atomic mass is 9.34. The molecule has 3 nitrogen and oxygen atoms in total. The lowest BCUT2D eigenvalue weighted by Crippen LogP contribution is -2.61. The first-order valence-corrected chi connectivity index (χ1v) is 27.6. The third-order valence-corrected chi connectivity index (χ3v) is 20.3. The van der Waals surface area contributed by atoms with Crippen molar-refractivity contribution in [3.05, 3.63) is 110 Å². The number of furan rings is 1. The van der Waals surface area contributed by atoms with Gasteiger partial charge in [-0.15, -0.1) is 0 Å². The first-order chi connectivity index (χ1) is 32.1. The van der Waals surface area contributed by atoms with Gasteiger partial charge in [0.15, 0.2) is 0 Å². The summed E-state index contributed by atoms with van der Waals surface area (Å²) in [5.41, 5.74) is 26.6. The molecule has 0 N–H and O–H groups in total. The van der Waals surface area contributed by atoms with Gasteiger partial charge in [-0.1, -0.05) is 150 Å². The van der Waals surface area contributed by atoms with Crippen LogP contribution in [-0.4, -0.2) is 6.71 Å². The number of anilines is 6. The van der Waals surface area contributed by atoms with Crippen LogP contribution >= 0.6 is 0 Å². The van der Waals surface area contributed by atoms with Crippen molar-refractivity contribution in [1.29, 1.82) is 0 Å². The number of hydrogen-bond acceptors (Lipinski definition) is 3. The normalized spacial score (nSPS) is 23.0. The molecule has 0 radical (unpaired) electrons. The van der Waals surface area contributed by atoms with Crippen molar-refractivity contribution in [2.24, 2.45) is 0 Å². The van der Waals surface area contributed by atoms with E-state index in [2.05, 4.69) is 204 Å². The Hall–Kier alpha value is -4.18. The number of aryl methyl sites for hydroxylation is 1. The van der Waals surface area contributed by atoms with Gasteiger partial charge in [0.25, 0.3) is 6.71 Å². The summed E-state index contributed by atoms with van der Waals surface area (Å²) in [6.45, 7) is 51.9. The monoisotopic (exact) mass is 935 g/mol. The van der Waals surface area contributed by atoms with Gasteiger partial charge >= 0.3 is 0 Å². The van der Waals surface area contributed by atoms with Crippen molar-refractivity contribution in [2.45, 2.75) is 245 Å². The summed E-state index contributed by atoms with van der Waals surface area (Å²) >= 11 is 0. The van der Waals surface area contributed by atoms with Crippen molar-refractivity contribution in [3.63, 3.8) is 0 Å². The number of hydrogen-bond donors (Lipinski definition) is 0. The Morgan fingerprint density at radius 2 is 0.886 bits per heavy atom. The predicted molar refractivity (Wildman–Crippen MR) is 302 cm³/mol. The molecule has 370 valence electrons. The molecule has 0 unspecified atom stereocenters. The Kier molecular flexibility index (Phi) is 9.84. The topological polar surface area (TPSA) is 19.6 Å². The summed E-state index contributed by atoms with van der Waals surface area (Å²) in [6.07, 6.45) is 9.33. The molecule has 2 aliphatic heterocycles. The maximum absolute atomic E-state index is 7.93. The molecule has 5 aromatic rings. The SMILES string of the molecule is Cc1cc2c(cc1N1c3cc4c(cc3B3c5oc6c(c5N(c5ccc7c(c5C)C(C)(C)CCC7(C)C)c5cc(C(C)(C)C)cc1c53)C(C)(C)CCC6(C)C)C(C)(C)CCC4(C)C)C(C)(C)CCC2(C)C. The molecule has 6 aliphatic rings. The second kappa shape index (κ2) is 14.3. The Morgan fingerprint density at radius 1 is 0.443 bits per heavy atom. The maximum Gasteiger partial charge on any atom is 0.297 e. The van der Waals surface area contributed by atoms with E-state index in [1.165, 1.54) is 139 Å². The Labute approximate surface area is 425 Å². The van der Waals surface area contributed by atoms with Gasteiger partial charge in [0.05, 0.1) is 11.3 Å². The zero-order chi connectivity index (χ0) is 50.8. The van der Waals surface area contributed by atoms with E-state index in [4.69, 9.17) is 4.42 Å². The van der Waals surface area contributed by atoms with Crippen molar-refractivity contribution >= 4 is 57.4 Å². The molecule has 0 saturated carbocycles. The fourth-order valence-electron chi connectivity index (χ4n) is 15.0. The van der Waals surface area contributed by atoms with Crippen LogP contribution in [0.1, 0.15) is 244 Å². The highest BCUT2D eigenvalue weighted by atomic mass is 16.3. The highest BCUT2D eigenvalue weighted by molar-refractivity contribution is 6.99. The van der Waals surface area contributed by atoms with E-state index in [-0.39, 0.29) is 55.4 Å². The van der Waals surface area contributed by atoms with E-state index >= 15 is 0 Å². The zero-order valence-corrected chi connectivity index (χ0v) is 47.7. The van der Waals surface area contributed by atoms with E-state index < -0.39 is 0 Å². The summed E-state index contributed by atoms with van der Waals surface area (Å²) in [6, 6.07) is 20.9. The average molecular weight is 935 g/mol. The van der Waals surface area contributed by atoms with Gasteiger partial charge < -0.3 is 14.2 Å². The third-order valence-electron chi connectivity index (χ3n) is 20.3. The molecule has 4 aromatic carbocycles. The van der Waals surface area contributed by atoms with Gasteiger partial charge in [-0.2, -0.15) is 0 Å². The molecule has 11 rings (SSSR count). The molecule has 3 heterocycles. The molecule has 0 amide bonds. The van der Waals surface area contributed by atoms with Gasteiger partial charge in [0.2, 0.25) is 0 Å². The van der Waals surface area contributed by atoms with E-state index in [0.29, 0.717) is 0 Å². The van der Waals surface area contributed by atoms with E-state index in [9.17, 15) is 0 Å². The van der Waals surface area contributed by atoms with Crippen LogP contribution in [0.25, 0.3) is 0 Å². The summed E-state index contributed by atoms with van der Waals surface area (Å²) in [4.78, 5) is 5.55. The summed E-state index contributed by atoms with van der Waals surface area (Å²) in [5, 5.41) is 0. The van der Waals surface area contributed by atoms with Gasteiger partial charge in [0.1, 0.15) is 5.76 Å². The van der Waals surface area contributed by atoms with Gasteiger partial charge in [-0.25, -0.2) is 0 Å². The quantitative estimate of drug-likeness (QED) is 0.161. The van der Waals surface area contributed by atoms with Crippen LogP contribution in [0.4, 0.5) is 34.1 Å². The summed E-state index contributed by atoms with van der Waals surface area (Å²) in [5.74, 6) is 1.19. The standard InChI is InChI=1S/C66H87BN2O/c1-38-32-42-44(62(12,13)26-24-60(42,8)9)36-48(38)68-49-37-45-43(61(10,11)25-27-63(45,14)15)35-46(49)67-54-50(68)33-40(58(3,4)5)34-51(54)69(55-53-56(70-57(55)67)66(20,21)31-30-65(53,18)19)47-23-22-41-52(39(47)2)64(16,17)29-28-59(41,6)7/h22-23,32-37H,24-31H2,1-21H3. The Bertz CT molecular complexity index is 3080. The number of fused-ring (bicyclic) bond motifs is 9. The number of nitrogens with zero attached hydrogens (tertiary/aromatic N) is 2. The van der Waals surface area contributed by atoms with Crippen LogP contribution in [0.15, 0.2) is 52.9 Å². The number of benzene rings is 4. The maximum atomic E-state index is 7.93. The van der Waals surface area contributed by atoms with E-state index in [1.54, 1.807) is 5.56 Å². The molecule has 1 aromatic heterocycles. The molecule has 0 bridgehead atoms. The minimum atomic E-state index is -0.119. The Balaban J connectivity index is 1.33.